The Balaban J connectivity index is 2.10. The van der Waals surface area contributed by atoms with Crippen LogP contribution in [0.5, 0.6) is 0 Å². The van der Waals surface area contributed by atoms with E-state index in [4.69, 9.17) is 9.84 Å². The molecule has 2 N–H and O–H groups in total. The van der Waals surface area contributed by atoms with E-state index in [1.54, 1.807) is 6.07 Å². The minimum Gasteiger partial charge on any atom is -0.384 e. The van der Waals surface area contributed by atoms with Gasteiger partial charge in [0.2, 0.25) is 0 Å². The lowest BCUT2D eigenvalue weighted by atomic mass is 10.0. The largest absolute Gasteiger partial charge is 0.384 e. The van der Waals surface area contributed by atoms with Gasteiger partial charge in [-0.3, -0.25) is 4.79 Å². The number of hydrogen-bond acceptors (Lipinski definition) is 3. The summed E-state index contributed by atoms with van der Waals surface area (Å²) >= 11 is 0. The Labute approximate surface area is 125 Å². The van der Waals surface area contributed by atoms with Crippen LogP contribution in [0.25, 0.3) is 0 Å². The summed E-state index contributed by atoms with van der Waals surface area (Å²) in [5.41, 5.74) is 2.25. The highest BCUT2D eigenvalue weighted by Crippen LogP contribution is 2.17. The van der Waals surface area contributed by atoms with Crippen molar-refractivity contribution in [1.82, 2.24) is 5.32 Å². The Hall–Kier alpha value is -1.83. The van der Waals surface area contributed by atoms with E-state index >= 15 is 0 Å². The summed E-state index contributed by atoms with van der Waals surface area (Å²) in [6.45, 7) is 4.45. The number of aliphatic hydroxyl groups excluding tert-OH is 1. The molecule has 1 saturated heterocycles. The number of rotatable bonds is 3. The van der Waals surface area contributed by atoms with Crippen molar-refractivity contribution in [3.8, 4) is 11.8 Å². The first-order chi connectivity index (χ1) is 10.1. The third kappa shape index (κ3) is 4.07. The van der Waals surface area contributed by atoms with Gasteiger partial charge in [-0.25, -0.2) is 0 Å². The molecule has 0 aliphatic carbocycles. The van der Waals surface area contributed by atoms with E-state index in [1.807, 2.05) is 26.0 Å². The lowest BCUT2D eigenvalue weighted by Crippen LogP contribution is -2.41. The van der Waals surface area contributed by atoms with Crippen LogP contribution >= 0.6 is 0 Å². The minimum atomic E-state index is -0.189. The van der Waals surface area contributed by atoms with Gasteiger partial charge in [0.1, 0.15) is 6.61 Å². The lowest BCUT2D eigenvalue weighted by Gasteiger charge is -2.20. The van der Waals surface area contributed by atoms with Crippen LogP contribution in [-0.2, 0) is 4.74 Å². The molecule has 0 radical (unpaired) electrons. The maximum Gasteiger partial charge on any atom is 0.251 e. The molecule has 112 valence electrons. The molecule has 0 bridgehead atoms. The van der Waals surface area contributed by atoms with Gasteiger partial charge in [-0.05, 0) is 44.4 Å². The number of hydrogen-bond donors (Lipinski definition) is 2. The second-order valence-electron chi connectivity index (χ2n) is 5.30. The molecule has 4 heteroatoms. The molecule has 2 atom stereocenters. The van der Waals surface area contributed by atoms with Crippen molar-refractivity contribution in [2.24, 2.45) is 0 Å². The molecule has 0 saturated carbocycles. The number of ether oxygens (including phenoxy) is 1. The van der Waals surface area contributed by atoms with E-state index in [2.05, 4.69) is 17.2 Å². The van der Waals surface area contributed by atoms with Gasteiger partial charge in [0.25, 0.3) is 5.91 Å². The van der Waals surface area contributed by atoms with Crippen LogP contribution < -0.4 is 5.32 Å². The third-order valence-corrected chi connectivity index (χ3v) is 3.68. The quantitative estimate of drug-likeness (QED) is 0.831. The molecule has 0 aromatic heterocycles. The maximum atomic E-state index is 12.4. The fraction of sp³-hybridized carbons (Fsp3) is 0.471. The molecular formula is C17H21NO3. The Morgan fingerprint density at radius 2 is 2.38 bits per heavy atom. The van der Waals surface area contributed by atoms with Gasteiger partial charge in [0, 0.05) is 17.7 Å². The van der Waals surface area contributed by atoms with Crippen LogP contribution in [0.3, 0.4) is 0 Å². The zero-order chi connectivity index (χ0) is 15.2. The van der Waals surface area contributed by atoms with Gasteiger partial charge < -0.3 is 15.2 Å². The highest BCUT2D eigenvalue weighted by atomic mass is 16.5. The predicted octanol–water partition coefficient (Wildman–Crippen LogP) is 1.64. The number of aliphatic hydroxyl groups is 1. The smallest absolute Gasteiger partial charge is 0.251 e. The van der Waals surface area contributed by atoms with Crippen molar-refractivity contribution in [2.75, 3.05) is 13.2 Å². The monoisotopic (exact) mass is 287 g/mol. The number of nitrogens with one attached hydrogen (secondary N) is 1. The third-order valence-electron chi connectivity index (χ3n) is 3.68. The fourth-order valence-corrected chi connectivity index (χ4v) is 2.46. The van der Waals surface area contributed by atoms with Crippen molar-refractivity contribution in [3.63, 3.8) is 0 Å². The lowest BCUT2D eigenvalue weighted by molar-refractivity contribution is 0.0712. The van der Waals surface area contributed by atoms with E-state index in [-0.39, 0.29) is 24.7 Å². The van der Waals surface area contributed by atoms with Gasteiger partial charge in [-0.15, -0.1) is 0 Å². The summed E-state index contributed by atoms with van der Waals surface area (Å²) in [5.74, 6) is 5.30. The molecule has 2 unspecified atom stereocenters. The molecular weight excluding hydrogens is 266 g/mol. The molecule has 1 amide bonds. The second-order valence-corrected chi connectivity index (χ2v) is 5.30. The molecule has 1 aliphatic heterocycles. The average Bonchev–Trinajstić information content (AvgIpc) is 3.00. The van der Waals surface area contributed by atoms with E-state index in [0.29, 0.717) is 5.56 Å². The van der Waals surface area contributed by atoms with E-state index < -0.39 is 0 Å². The highest BCUT2D eigenvalue weighted by Gasteiger charge is 2.24. The number of aryl methyl sites for hydroxylation is 1. The van der Waals surface area contributed by atoms with Crippen molar-refractivity contribution in [3.05, 3.63) is 34.9 Å². The summed E-state index contributed by atoms with van der Waals surface area (Å²) in [7, 11) is 0. The van der Waals surface area contributed by atoms with Gasteiger partial charge in [-0.1, -0.05) is 17.9 Å². The first-order valence-electron chi connectivity index (χ1n) is 7.24. The molecule has 0 spiro atoms. The van der Waals surface area contributed by atoms with Gasteiger partial charge in [-0.2, -0.15) is 0 Å². The summed E-state index contributed by atoms with van der Waals surface area (Å²) < 4.78 is 5.59. The van der Waals surface area contributed by atoms with Gasteiger partial charge in [0.15, 0.2) is 0 Å². The molecule has 1 aromatic carbocycles. The summed E-state index contributed by atoms with van der Waals surface area (Å²) in [6, 6.07) is 5.47. The summed E-state index contributed by atoms with van der Waals surface area (Å²) in [5, 5.41) is 11.7. The van der Waals surface area contributed by atoms with E-state index in [0.717, 1.165) is 30.6 Å². The van der Waals surface area contributed by atoms with Crippen LogP contribution in [-0.4, -0.2) is 36.4 Å². The van der Waals surface area contributed by atoms with E-state index in [9.17, 15) is 4.79 Å². The summed E-state index contributed by atoms with van der Waals surface area (Å²) in [6.07, 6.45) is 2.14. The molecule has 1 aromatic rings. The zero-order valence-electron chi connectivity index (χ0n) is 12.5. The Kier molecular flexibility index (Phi) is 5.38. The Morgan fingerprint density at radius 3 is 3.05 bits per heavy atom. The van der Waals surface area contributed by atoms with Gasteiger partial charge in [0.05, 0.1) is 12.1 Å². The predicted molar refractivity (Wildman–Crippen MR) is 81.0 cm³/mol. The average molecular weight is 287 g/mol. The van der Waals surface area contributed by atoms with Crippen molar-refractivity contribution >= 4 is 5.91 Å². The molecule has 2 rings (SSSR count). The topological polar surface area (TPSA) is 58.6 Å². The summed E-state index contributed by atoms with van der Waals surface area (Å²) in [4.78, 5) is 12.4. The Morgan fingerprint density at radius 1 is 1.57 bits per heavy atom. The fourth-order valence-electron chi connectivity index (χ4n) is 2.46. The standard InChI is InChI=1S/C17H21NO3/c1-12-7-8-14(5-3-9-19)11-15(12)17(20)18-13(2)16-6-4-10-21-16/h7-8,11,13,16,19H,4,6,9-10H2,1-2H3,(H,18,20). The number of benzene rings is 1. The van der Waals surface area contributed by atoms with Crippen LogP contribution in [0.2, 0.25) is 0 Å². The normalized spacial score (nSPS) is 18.7. The Bertz CT molecular complexity index is 565. The van der Waals surface area contributed by atoms with Crippen molar-refractivity contribution in [2.45, 2.75) is 38.8 Å². The van der Waals surface area contributed by atoms with Crippen LogP contribution in [0, 0.1) is 18.8 Å². The maximum absolute atomic E-state index is 12.4. The van der Waals surface area contributed by atoms with Crippen LogP contribution in [0.4, 0.5) is 0 Å². The molecule has 1 aliphatic rings. The molecule has 1 fully saturated rings. The number of amides is 1. The highest BCUT2D eigenvalue weighted by molar-refractivity contribution is 5.96. The zero-order valence-corrected chi connectivity index (χ0v) is 12.5. The molecule has 1 heterocycles. The molecule has 21 heavy (non-hydrogen) atoms. The second kappa shape index (κ2) is 7.26. The first-order valence-corrected chi connectivity index (χ1v) is 7.24. The first kappa shape index (κ1) is 15.6. The van der Waals surface area contributed by atoms with Crippen molar-refractivity contribution in [1.29, 1.82) is 0 Å². The molecule has 4 nitrogen and oxygen atoms in total. The number of carbonyl (C=O) groups excluding carboxylic acids is 1. The number of carbonyl (C=O) groups is 1. The van der Waals surface area contributed by atoms with E-state index in [1.165, 1.54) is 0 Å². The van der Waals surface area contributed by atoms with Crippen LogP contribution in [0.15, 0.2) is 18.2 Å². The van der Waals surface area contributed by atoms with Crippen LogP contribution in [0.1, 0.15) is 41.3 Å². The van der Waals surface area contributed by atoms with Crippen molar-refractivity contribution < 1.29 is 14.6 Å². The minimum absolute atomic E-state index is 0.00779. The van der Waals surface area contributed by atoms with Gasteiger partial charge >= 0.3 is 0 Å². The SMILES string of the molecule is Cc1ccc(C#CCO)cc1C(=O)NC(C)C1CCCO1.